The first kappa shape index (κ1) is 30.7. The van der Waals surface area contributed by atoms with Crippen molar-refractivity contribution in [1.82, 2.24) is 19.5 Å². The molecule has 0 bridgehead atoms. The maximum atomic E-state index is 5.27. The third-order valence-electron chi connectivity index (χ3n) is 10.5. The molecule has 0 aliphatic carbocycles. The molecule has 0 fully saturated rings. The van der Waals surface area contributed by atoms with E-state index in [-0.39, 0.29) is 0 Å². The minimum absolute atomic E-state index is 0.683. The standard InChI is InChI=1S/C49H30N4S/c1-2-12-31(13-3-1)41-30-42(32-26-28-35(29-27-32)53-43-19-9-6-14-36(43)37-15-7-10-20-44(37)53)51-48(50-41)34-24-22-33(23-25-34)47-39-17-5-4-16-38(39)46-40-18-8-11-21-45(40)54-49(46)52-47/h1-30H. The number of fused-ring (bicyclic) bond motifs is 8. The molecule has 0 spiro atoms. The SMILES string of the molecule is c1ccc(-c2cc(-c3ccc(-n4c5ccccc5c5ccccc54)cc3)nc(-c3ccc(-c4nc5sc6ccccc6c5c5ccccc45)cc3)n2)cc1. The summed E-state index contributed by atoms with van der Waals surface area (Å²) in [5.41, 5.74) is 10.3. The highest BCUT2D eigenvalue weighted by Crippen LogP contribution is 2.41. The highest BCUT2D eigenvalue weighted by molar-refractivity contribution is 7.25. The van der Waals surface area contributed by atoms with Gasteiger partial charge in [0.2, 0.25) is 0 Å². The zero-order valence-corrected chi connectivity index (χ0v) is 29.8. The van der Waals surface area contributed by atoms with Crippen LogP contribution < -0.4 is 0 Å². The molecule has 0 unspecified atom stereocenters. The molecular weight excluding hydrogens is 677 g/mol. The molecule has 0 amide bonds. The molecule has 0 N–H and O–H groups in total. The monoisotopic (exact) mass is 706 g/mol. The van der Waals surface area contributed by atoms with Gasteiger partial charge in [-0.2, -0.15) is 0 Å². The molecule has 0 aliphatic heterocycles. The summed E-state index contributed by atoms with van der Waals surface area (Å²) in [6.45, 7) is 0. The van der Waals surface area contributed by atoms with Crippen LogP contribution in [0, 0.1) is 0 Å². The Morgan fingerprint density at radius 1 is 0.389 bits per heavy atom. The number of thiophene rings is 1. The first-order valence-electron chi connectivity index (χ1n) is 18.1. The van der Waals surface area contributed by atoms with Crippen LogP contribution in [-0.2, 0) is 0 Å². The Bertz CT molecular complexity index is 3140. The van der Waals surface area contributed by atoms with Crippen LogP contribution in [0.4, 0.5) is 0 Å². The average Bonchev–Trinajstić information content (AvgIpc) is 3.80. The summed E-state index contributed by atoms with van der Waals surface area (Å²) < 4.78 is 3.60. The summed E-state index contributed by atoms with van der Waals surface area (Å²) in [5, 5.41) is 7.37. The van der Waals surface area contributed by atoms with Gasteiger partial charge >= 0.3 is 0 Å². The fourth-order valence-electron chi connectivity index (χ4n) is 7.90. The minimum Gasteiger partial charge on any atom is -0.309 e. The molecule has 11 rings (SSSR count). The lowest BCUT2D eigenvalue weighted by atomic mass is 9.99. The predicted molar refractivity (Wildman–Crippen MR) is 226 cm³/mol. The Labute approximate surface area is 315 Å². The maximum Gasteiger partial charge on any atom is 0.160 e. The van der Waals surface area contributed by atoms with E-state index in [1.54, 1.807) is 11.3 Å². The number of hydrogen-bond acceptors (Lipinski definition) is 4. The normalized spacial score (nSPS) is 11.7. The van der Waals surface area contributed by atoms with Crippen LogP contribution in [0.2, 0.25) is 0 Å². The number of aromatic nitrogens is 4. The Morgan fingerprint density at radius 2 is 0.907 bits per heavy atom. The van der Waals surface area contributed by atoms with E-state index >= 15 is 0 Å². The molecule has 5 heteroatoms. The van der Waals surface area contributed by atoms with Crippen molar-refractivity contribution < 1.29 is 0 Å². The Morgan fingerprint density at radius 3 is 1.59 bits per heavy atom. The quantitative estimate of drug-likeness (QED) is 0.179. The summed E-state index contributed by atoms with van der Waals surface area (Å²) in [4.78, 5) is 16.6. The number of pyridine rings is 1. The van der Waals surface area contributed by atoms with Crippen LogP contribution in [0.5, 0.6) is 0 Å². The highest BCUT2D eigenvalue weighted by atomic mass is 32.1. The zero-order chi connectivity index (χ0) is 35.6. The molecule has 7 aromatic carbocycles. The maximum absolute atomic E-state index is 5.27. The van der Waals surface area contributed by atoms with Gasteiger partial charge in [0.25, 0.3) is 0 Å². The number of benzene rings is 7. The second-order valence-electron chi connectivity index (χ2n) is 13.6. The van der Waals surface area contributed by atoms with Crippen LogP contribution in [0.3, 0.4) is 0 Å². The van der Waals surface area contributed by atoms with Gasteiger partial charge < -0.3 is 4.57 Å². The van der Waals surface area contributed by atoms with Gasteiger partial charge in [0.15, 0.2) is 5.82 Å². The van der Waals surface area contributed by atoms with Crippen LogP contribution in [-0.4, -0.2) is 19.5 Å². The summed E-state index contributed by atoms with van der Waals surface area (Å²) in [6.07, 6.45) is 0. The first-order valence-corrected chi connectivity index (χ1v) is 18.9. The van der Waals surface area contributed by atoms with E-state index in [0.29, 0.717) is 5.82 Å². The molecule has 4 heterocycles. The smallest absolute Gasteiger partial charge is 0.160 e. The molecular formula is C49H30N4S. The van der Waals surface area contributed by atoms with E-state index in [9.17, 15) is 0 Å². The highest BCUT2D eigenvalue weighted by Gasteiger charge is 2.17. The Hall–Kier alpha value is -6.95. The summed E-state index contributed by atoms with van der Waals surface area (Å²) >= 11 is 1.75. The van der Waals surface area contributed by atoms with Crippen LogP contribution in [0.1, 0.15) is 0 Å². The summed E-state index contributed by atoms with van der Waals surface area (Å²) in [5.74, 6) is 0.683. The van der Waals surface area contributed by atoms with Gasteiger partial charge in [0.1, 0.15) is 4.83 Å². The van der Waals surface area contributed by atoms with Gasteiger partial charge in [0.05, 0.1) is 28.1 Å². The van der Waals surface area contributed by atoms with E-state index in [1.165, 1.54) is 42.7 Å². The zero-order valence-electron chi connectivity index (χ0n) is 29.0. The van der Waals surface area contributed by atoms with Crippen LogP contribution >= 0.6 is 11.3 Å². The molecule has 0 atom stereocenters. The number of rotatable bonds is 5. The van der Waals surface area contributed by atoms with Crippen molar-refractivity contribution in [3.8, 4) is 50.8 Å². The molecule has 0 saturated heterocycles. The molecule has 11 aromatic rings. The predicted octanol–water partition coefficient (Wildman–Crippen LogP) is 13.2. The lowest BCUT2D eigenvalue weighted by molar-refractivity contribution is 1.17. The Kier molecular flexibility index (Phi) is 7.00. The molecule has 54 heavy (non-hydrogen) atoms. The molecule has 4 aromatic heterocycles. The Balaban J connectivity index is 1.01. The largest absolute Gasteiger partial charge is 0.309 e. The van der Waals surface area contributed by atoms with Gasteiger partial charge in [-0.1, -0.05) is 146 Å². The molecule has 0 radical (unpaired) electrons. The van der Waals surface area contributed by atoms with Crippen molar-refractivity contribution in [2.75, 3.05) is 0 Å². The van der Waals surface area contributed by atoms with E-state index in [4.69, 9.17) is 15.0 Å². The second-order valence-corrected chi connectivity index (χ2v) is 14.6. The summed E-state index contributed by atoms with van der Waals surface area (Å²) in [6, 6.07) is 64.2. The van der Waals surface area contributed by atoms with E-state index < -0.39 is 0 Å². The fraction of sp³-hybridized carbons (Fsp3) is 0. The molecule has 4 nitrogen and oxygen atoms in total. The van der Waals surface area contributed by atoms with Crippen molar-refractivity contribution in [1.29, 1.82) is 0 Å². The minimum atomic E-state index is 0.683. The van der Waals surface area contributed by atoms with Crippen molar-refractivity contribution in [2.45, 2.75) is 0 Å². The van der Waals surface area contributed by atoms with Crippen molar-refractivity contribution in [3.63, 3.8) is 0 Å². The lowest BCUT2D eigenvalue weighted by Gasteiger charge is -2.12. The van der Waals surface area contributed by atoms with E-state index in [0.717, 1.165) is 55.2 Å². The lowest BCUT2D eigenvalue weighted by Crippen LogP contribution is -1.97. The third-order valence-corrected chi connectivity index (χ3v) is 11.5. The van der Waals surface area contributed by atoms with E-state index in [2.05, 4.69) is 180 Å². The van der Waals surface area contributed by atoms with Gasteiger partial charge in [0, 0.05) is 59.6 Å². The molecule has 0 aliphatic rings. The molecule has 252 valence electrons. The van der Waals surface area contributed by atoms with Crippen LogP contribution in [0.15, 0.2) is 182 Å². The fourth-order valence-corrected chi connectivity index (χ4v) is 9.00. The number of nitrogens with zero attached hydrogens (tertiary/aromatic N) is 4. The van der Waals surface area contributed by atoms with Crippen LogP contribution in [0.25, 0.3) is 104 Å². The average molecular weight is 707 g/mol. The number of hydrogen-bond donors (Lipinski definition) is 0. The van der Waals surface area contributed by atoms with Crippen molar-refractivity contribution in [2.24, 2.45) is 0 Å². The van der Waals surface area contributed by atoms with Crippen molar-refractivity contribution in [3.05, 3.63) is 182 Å². The third kappa shape index (κ3) is 4.94. The van der Waals surface area contributed by atoms with Gasteiger partial charge in [-0.25, -0.2) is 15.0 Å². The number of para-hydroxylation sites is 2. The van der Waals surface area contributed by atoms with Gasteiger partial charge in [-0.15, -0.1) is 11.3 Å². The first-order chi connectivity index (χ1) is 26.8. The second kappa shape index (κ2) is 12.3. The van der Waals surface area contributed by atoms with Gasteiger partial charge in [-0.05, 0) is 41.8 Å². The summed E-state index contributed by atoms with van der Waals surface area (Å²) in [7, 11) is 0. The van der Waals surface area contributed by atoms with Gasteiger partial charge in [-0.3, -0.25) is 0 Å². The van der Waals surface area contributed by atoms with Crippen molar-refractivity contribution >= 4 is 64.2 Å². The van der Waals surface area contributed by atoms with E-state index in [1.807, 2.05) is 6.07 Å². The topological polar surface area (TPSA) is 43.6 Å². The molecule has 0 saturated carbocycles.